The third-order valence-corrected chi connectivity index (χ3v) is 9.77. The molecule has 3 aromatic heterocycles. The van der Waals surface area contributed by atoms with Crippen LogP contribution in [0.5, 0.6) is 0 Å². The zero-order chi connectivity index (χ0) is 31.8. The summed E-state index contributed by atoms with van der Waals surface area (Å²) < 4.78 is 8.42. The number of ether oxygens (including phenoxy) is 1. The summed E-state index contributed by atoms with van der Waals surface area (Å²) in [5.74, 6) is -0.367. The van der Waals surface area contributed by atoms with Crippen LogP contribution < -0.4 is 5.56 Å². The van der Waals surface area contributed by atoms with Gasteiger partial charge in [-0.2, -0.15) is 0 Å². The minimum absolute atomic E-state index is 0.0674. The number of esters is 1. The van der Waals surface area contributed by atoms with Crippen molar-refractivity contribution in [3.63, 3.8) is 0 Å². The first kappa shape index (κ1) is 30.3. The summed E-state index contributed by atoms with van der Waals surface area (Å²) in [7, 11) is 1.35. The molecule has 9 heteroatoms. The number of carbonyl (C=O) groups is 2. The Balaban J connectivity index is 1.36. The van der Waals surface area contributed by atoms with E-state index in [4.69, 9.17) is 9.72 Å². The number of fused-ring (bicyclic) bond motifs is 1. The van der Waals surface area contributed by atoms with Gasteiger partial charge in [-0.1, -0.05) is 59.8 Å². The lowest BCUT2D eigenvalue weighted by Crippen LogP contribution is -2.22. The van der Waals surface area contributed by atoms with Crippen LogP contribution in [0.1, 0.15) is 42.5 Å². The molecule has 3 aromatic carbocycles. The molecule has 7 nitrogen and oxygen atoms in total. The third kappa shape index (κ3) is 5.65. The number of para-hydroxylation sites is 1. The number of carbonyl (C=O) groups excluding carboxylic acids is 2. The van der Waals surface area contributed by atoms with E-state index < -0.39 is 5.97 Å². The van der Waals surface area contributed by atoms with Crippen molar-refractivity contribution in [2.24, 2.45) is 0 Å². The van der Waals surface area contributed by atoms with Gasteiger partial charge in [-0.15, -0.1) is 11.3 Å². The Bertz CT molecular complexity index is 2120. The van der Waals surface area contributed by atoms with Crippen LogP contribution in [0, 0.1) is 27.7 Å². The fourth-order valence-electron chi connectivity index (χ4n) is 5.63. The van der Waals surface area contributed by atoms with Gasteiger partial charge in [0.1, 0.15) is 4.83 Å². The van der Waals surface area contributed by atoms with E-state index in [0.29, 0.717) is 32.2 Å². The highest BCUT2D eigenvalue weighted by Crippen LogP contribution is 2.37. The topological polar surface area (TPSA) is 83.2 Å². The number of thioether (sulfide) groups is 1. The Kier molecular flexibility index (Phi) is 8.31. The number of thiophene rings is 1. The highest BCUT2D eigenvalue weighted by molar-refractivity contribution is 7.99. The molecule has 0 atom stereocenters. The lowest BCUT2D eigenvalue weighted by molar-refractivity contribution is 0.0600. The SMILES string of the molecule is COC(=O)c1ccc(-n2c(C)cc(C(=O)CSc3nc4sc(C)c(-c5ccc(C)cc5)c4c(=O)n3-c3ccccc3)c2C)cc1. The van der Waals surface area contributed by atoms with Gasteiger partial charge in [-0.05, 0) is 75.7 Å². The van der Waals surface area contributed by atoms with Crippen molar-refractivity contribution in [1.82, 2.24) is 14.1 Å². The summed E-state index contributed by atoms with van der Waals surface area (Å²) in [6.07, 6.45) is 0. The molecule has 0 spiro atoms. The van der Waals surface area contributed by atoms with E-state index in [2.05, 4.69) is 0 Å². The van der Waals surface area contributed by atoms with Crippen LogP contribution in [0.2, 0.25) is 0 Å². The summed E-state index contributed by atoms with van der Waals surface area (Å²) in [6.45, 7) is 7.91. The first-order valence-electron chi connectivity index (χ1n) is 14.4. The number of methoxy groups -OCH3 is 1. The molecule has 0 unspecified atom stereocenters. The highest BCUT2D eigenvalue weighted by Gasteiger charge is 2.23. The number of ketones is 1. The second-order valence-electron chi connectivity index (χ2n) is 10.8. The van der Waals surface area contributed by atoms with Crippen LogP contribution >= 0.6 is 23.1 Å². The van der Waals surface area contributed by atoms with Gasteiger partial charge in [-0.3, -0.25) is 14.2 Å². The van der Waals surface area contributed by atoms with Gasteiger partial charge >= 0.3 is 5.97 Å². The van der Waals surface area contributed by atoms with E-state index in [-0.39, 0.29) is 17.1 Å². The summed E-state index contributed by atoms with van der Waals surface area (Å²) >= 11 is 2.76. The molecular weight excluding hydrogens is 603 g/mol. The molecule has 6 rings (SSSR count). The van der Waals surface area contributed by atoms with Crippen molar-refractivity contribution >= 4 is 45.1 Å². The molecule has 0 bridgehead atoms. The van der Waals surface area contributed by atoms with Gasteiger partial charge in [0.15, 0.2) is 10.9 Å². The minimum atomic E-state index is -0.403. The molecule has 0 amide bonds. The molecule has 45 heavy (non-hydrogen) atoms. The Morgan fingerprint density at radius 1 is 0.867 bits per heavy atom. The van der Waals surface area contributed by atoms with E-state index in [0.717, 1.165) is 38.6 Å². The maximum atomic E-state index is 14.3. The Morgan fingerprint density at radius 2 is 1.53 bits per heavy atom. The summed E-state index contributed by atoms with van der Waals surface area (Å²) in [5.41, 5.74) is 7.15. The van der Waals surface area contributed by atoms with E-state index in [9.17, 15) is 14.4 Å². The number of benzene rings is 3. The van der Waals surface area contributed by atoms with E-state index >= 15 is 0 Å². The normalized spacial score (nSPS) is 11.2. The first-order valence-corrected chi connectivity index (χ1v) is 16.2. The van der Waals surface area contributed by atoms with E-state index in [1.54, 1.807) is 16.7 Å². The molecule has 0 fully saturated rings. The largest absolute Gasteiger partial charge is 0.465 e. The van der Waals surface area contributed by atoms with Crippen molar-refractivity contribution in [2.45, 2.75) is 32.9 Å². The smallest absolute Gasteiger partial charge is 0.337 e. The average Bonchev–Trinajstić information content (AvgIpc) is 3.54. The highest BCUT2D eigenvalue weighted by atomic mass is 32.2. The number of Topliss-reactive ketones (excluding diaryl/α,β-unsaturated/α-hetero) is 1. The van der Waals surface area contributed by atoms with E-state index in [1.165, 1.54) is 30.2 Å². The molecule has 0 aliphatic heterocycles. The number of nitrogens with zero attached hydrogens (tertiary/aromatic N) is 3. The Morgan fingerprint density at radius 3 is 2.20 bits per heavy atom. The molecule has 0 aliphatic carbocycles. The lowest BCUT2D eigenvalue weighted by atomic mass is 10.0. The predicted octanol–water partition coefficient (Wildman–Crippen LogP) is 7.90. The fraction of sp³-hybridized carbons (Fsp3) is 0.167. The summed E-state index contributed by atoms with van der Waals surface area (Å²) in [5, 5.41) is 1.05. The third-order valence-electron chi connectivity index (χ3n) is 7.84. The van der Waals surface area contributed by atoms with Crippen LogP contribution in [0.3, 0.4) is 0 Å². The van der Waals surface area contributed by atoms with Crippen molar-refractivity contribution in [3.8, 4) is 22.5 Å². The average molecular weight is 634 g/mol. The molecular formula is C36H31N3O4S2. The minimum Gasteiger partial charge on any atom is -0.465 e. The van der Waals surface area contributed by atoms with Gasteiger partial charge in [0.2, 0.25) is 0 Å². The van der Waals surface area contributed by atoms with Gasteiger partial charge in [0, 0.05) is 33.1 Å². The van der Waals surface area contributed by atoms with E-state index in [1.807, 2.05) is 105 Å². The molecule has 0 N–H and O–H groups in total. The van der Waals surface area contributed by atoms with Gasteiger partial charge < -0.3 is 9.30 Å². The maximum Gasteiger partial charge on any atom is 0.337 e. The number of aromatic nitrogens is 3. The second-order valence-corrected chi connectivity index (χ2v) is 13.0. The number of hydrogen-bond donors (Lipinski definition) is 0. The summed E-state index contributed by atoms with van der Waals surface area (Å²) in [6, 6.07) is 26.6. The van der Waals surface area contributed by atoms with Gasteiger partial charge in [0.05, 0.1) is 29.5 Å². The van der Waals surface area contributed by atoms with Crippen molar-refractivity contribution < 1.29 is 14.3 Å². The van der Waals surface area contributed by atoms with Crippen LogP contribution in [0.4, 0.5) is 0 Å². The van der Waals surface area contributed by atoms with Crippen LogP contribution in [-0.2, 0) is 4.74 Å². The Hall–Kier alpha value is -4.73. The molecule has 0 aliphatic rings. The van der Waals surface area contributed by atoms with Gasteiger partial charge in [0.25, 0.3) is 5.56 Å². The monoisotopic (exact) mass is 633 g/mol. The zero-order valence-corrected chi connectivity index (χ0v) is 27.2. The molecule has 0 saturated carbocycles. The molecule has 0 saturated heterocycles. The first-order chi connectivity index (χ1) is 21.7. The number of hydrogen-bond acceptors (Lipinski definition) is 7. The fourth-order valence-corrected chi connectivity index (χ4v) is 7.61. The predicted molar refractivity (Wildman–Crippen MR) is 182 cm³/mol. The van der Waals surface area contributed by atoms with Crippen molar-refractivity contribution in [3.05, 3.63) is 128 Å². The quantitative estimate of drug-likeness (QED) is 0.0734. The zero-order valence-electron chi connectivity index (χ0n) is 25.6. The van der Waals surface area contributed by atoms with Crippen molar-refractivity contribution in [2.75, 3.05) is 12.9 Å². The van der Waals surface area contributed by atoms with Crippen molar-refractivity contribution in [1.29, 1.82) is 0 Å². The maximum absolute atomic E-state index is 14.3. The number of rotatable bonds is 8. The molecule has 226 valence electrons. The van der Waals surface area contributed by atoms with Crippen LogP contribution in [0.15, 0.2) is 94.9 Å². The summed E-state index contributed by atoms with van der Waals surface area (Å²) in [4.78, 5) is 46.5. The second kappa shape index (κ2) is 12.3. The standard InChI is InChI=1S/C36H31N3O4S2/c1-21-11-13-25(14-12-21)31-24(4)45-33-32(31)34(41)39(27-9-7-6-8-10-27)36(37-33)44-20-30(40)29-19-22(2)38(23(29)3)28-17-15-26(16-18-28)35(42)43-5/h6-19H,20H2,1-5H3. The van der Waals surface area contributed by atoms with Crippen LogP contribution in [-0.4, -0.2) is 38.7 Å². The lowest BCUT2D eigenvalue weighted by Gasteiger charge is -2.13. The van der Waals surface area contributed by atoms with Gasteiger partial charge in [-0.25, -0.2) is 9.78 Å². The Labute approximate surface area is 269 Å². The molecule has 3 heterocycles. The molecule has 0 radical (unpaired) electrons. The number of aryl methyl sites for hydroxylation is 3. The molecule has 6 aromatic rings. The van der Waals surface area contributed by atoms with Crippen LogP contribution in [0.25, 0.3) is 32.7 Å².